The zero-order valence-corrected chi connectivity index (χ0v) is 12.3. The van der Waals surface area contributed by atoms with Gasteiger partial charge in [0.1, 0.15) is 6.10 Å². The molecule has 0 unspecified atom stereocenters. The summed E-state index contributed by atoms with van der Waals surface area (Å²) in [6.07, 6.45) is 4.95. The van der Waals surface area contributed by atoms with Crippen LogP contribution in [-0.4, -0.2) is 53.7 Å². The molecule has 0 spiro atoms. The highest BCUT2D eigenvalue weighted by Crippen LogP contribution is 2.24. The number of nitrogens with zero attached hydrogens (tertiary/aromatic N) is 3. The Bertz CT molecular complexity index is 485. The lowest BCUT2D eigenvalue weighted by molar-refractivity contribution is -0.146. The summed E-state index contributed by atoms with van der Waals surface area (Å²) in [5.74, 6) is 0.327. The topological polar surface area (TPSA) is 64.6 Å². The van der Waals surface area contributed by atoms with Crippen LogP contribution in [0.15, 0.2) is 12.4 Å². The van der Waals surface area contributed by atoms with E-state index in [-0.39, 0.29) is 17.9 Å². The summed E-state index contributed by atoms with van der Waals surface area (Å²) in [5, 5.41) is 0. The largest absolute Gasteiger partial charge is 0.381 e. The van der Waals surface area contributed by atoms with Crippen molar-refractivity contribution in [3.05, 3.63) is 23.8 Å². The fraction of sp³-hybridized carbons (Fsp3) is 0.667. The zero-order chi connectivity index (χ0) is 14.7. The maximum atomic E-state index is 12.6. The van der Waals surface area contributed by atoms with Crippen molar-refractivity contribution in [2.45, 2.75) is 25.9 Å². The van der Waals surface area contributed by atoms with Gasteiger partial charge in [-0.15, -0.1) is 0 Å². The van der Waals surface area contributed by atoms with Crippen LogP contribution in [0.25, 0.3) is 0 Å². The number of rotatable bonds is 2. The molecular weight excluding hydrogens is 270 g/mol. The molecule has 114 valence electrons. The van der Waals surface area contributed by atoms with Gasteiger partial charge in [0.2, 0.25) is 5.91 Å². The van der Waals surface area contributed by atoms with Crippen molar-refractivity contribution in [2.24, 2.45) is 5.92 Å². The van der Waals surface area contributed by atoms with Crippen molar-refractivity contribution >= 4 is 5.91 Å². The molecule has 6 nitrogen and oxygen atoms in total. The predicted octanol–water partition coefficient (Wildman–Crippen LogP) is 1.11. The Morgan fingerprint density at radius 2 is 2.05 bits per heavy atom. The summed E-state index contributed by atoms with van der Waals surface area (Å²) >= 11 is 0. The maximum absolute atomic E-state index is 12.6. The molecule has 0 bridgehead atoms. The molecule has 1 atom stereocenters. The minimum atomic E-state index is -0.171. The summed E-state index contributed by atoms with van der Waals surface area (Å²) < 4.78 is 11.1. The molecule has 1 aromatic heterocycles. The van der Waals surface area contributed by atoms with Crippen LogP contribution in [0.5, 0.6) is 0 Å². The van der Waals surface area contributed by atoms with Crippen LogP contribution >= 0.6 is 0 Å². The molecule has 3 heterocycles. The van der Waals surface area contributed by atoms with Crippen LogP contribution in [0.1, 0.15) is 30.3 Å². The van der Waals surface area contributed by atoms with Crippen LogP contribution < -0.4 is 0 Å². The third-order valence-electron chi connectivity index (χ3n) is 4.08. The number of ether oxygens (including phenoxy) is 2. The molecule has 6 heteroatoms. The summed E-state index contributed by atoms with van der Waals surface area (Å²) in [7, 11) is 0. The first-order valence-electron chi connectivity index (χ1n) is 7.50. The van der Waals surface area contributed by atoms with Gasteiger partial charge in [-0.3, -0.25) is 14.8 Å². The molecule has 2 fully saturated rings. The van der Waals surface area contributed by atoms with Gasteiger partial charge in [-0.05, 0) is 19.8 Å². The first-order chi connectivity index (χ1) is 10.2. The number of aryl methyl sites for hydroxylation is 1. The van der Waals surface area contributed by atoms with Crippen LogP contribution in [0.2, 0.25) is 0 Å². The molecule has 1 amide bonds. The average Bonchev–Trinajstić information content (AvgIpc) is 2.56. The SMILES string of the molecule is Cc1cnc([C@@H]2CN(C(=O)C3CCOCC3)CCO2)cn1. The second-order valence-electron chi connectivity index (χ2n) is 5.61. The van der Waals surface area contributed by atoms with Gasteiger partial charge in [-0.1, -0.05) is 0 Å². The molecule has 21 heavy (non-hydrogen) atoms. The zero-order valence-electron chi connectivity index (χ0n) is 12.3. The van der Waals surface area contributed by atoms with E-state index in [4.69, 9.17) is 9.47 Å². The Balaban J connectivity index is 1.64. The Kier molecular flexibility index (Phi) is 4.45. The number of hydrogen-bond acceptors (Lipinski definition) is 5. The van der Waals surface area contributed by atoms with Gasteiger partial charge >= 0.3 is 0 Å². The number of amides is 1. The standard InChI is InChI=1S/C15H21N3O3/c1-11-8-17-13(9-16-11)14-10-18(4-7-21-14)15(19)12-2-5-20-6-3-12/h8-9,12,14H,2-7,10H2,1H3/t14-/m0/s1. The summed E-state index contributed by atoms with van der Waals surface area (Å²) in [6, 6.07) is 0. The van der Waals surface area contributed by atoms with E-state index in [0.29, 0.717) is 32.9 Å². The Labute approximate surface area is 124 Å². The van der Waals surface area contributed by atoms with E-state index >= 15 is 0 Å². The van der Waals surface area contributed by atoms with E-state index < -0.39 is 0 Å². The highest BCUT2D eigenvalue weighted by molar-refractivity contribution is 5.79. The second kappa shape index (κ2) is 6.49. The van der Waals surface area contributed by atoms with Crippen molar-refractivity contribution < 1.29 is 14.3 Å². The number of hydrogen-bond donors (Lipinski definition) is 0. The van der Waals surface area contributed by atoms with Gasteiger partial charge in [0.15, 0.2) is 0 Å². The summed E-state index contributed by atoms with van der Waals surface area (Å²) in [6.45, 7) is 5.05. The van der Waals surface area contributed by atoms with Crippen molar-refractivity contribution in [1.82, 2.24) is 14.9 Å². The molecule has 0 aromatic carbocycles. The lowest BCUT2D eigenvalue weighted by Crippen LogP contribution is -2.46. The normalized spacial score (nSPS) is 24.0. The number of morpholine rings is 1. The first-order valence-corrected chi connectivity index (χ1v) is 7.50. The van der Waals surface area contributed by atoms with E-state index in [0.717, 1.165) is 24.2 Å². The van der Waals surface area contributed by atoms with Gasteiger partial charge < -0.3 is 14.4 Å². The molecule has 2 aliphatic rings. The Morgan fingerprint density at radius 1 is 1.24 bits per heavy atom. The van der Waals surface area contributed by atoms with Crippen molar-refractivity contribution in [2.75, 3.05) is 32.9 Å². The van der Waals surface area contributed by atoms with E-state index in [1.54, 1.807) is 12.4 Å². The quantitative estimate of drug-likeness (QED) is 0.817. The van der Waals surface area contributed by atoms with Gasteiger partial charge in [-0.25, -0.2) is 0 Å². The third-order valence-corrected chi connectivity index (χ3v) is 4.08. The summed E-state index contributed by atoms with van der Waals surface area (Å²) in [5.41, 5.74) is 1.68. The van der Waals surface area contributed by atoms with E-state index in [1.807, 2.05) is 11.8 Å². The molecule has 3 rings (SSSR count). The molecule has 0 aliphatic carbocycles. The van der Waals surface area contributed by atoms with E-state index in [9.17, 15) is 4.79 Å². The lowest BCUT2D eigenvalue weighted by atomic mass is 9.98. The van der Waals surface area contributed by atoms with Crippen LogP contribution in [-0.2, 0) is 14.3 Å². The molecule has 1 aromatic rings. The molecular formula is C15H21N3O3. The molecule has 0 radical (unpaired) electrons. The Hall–Kier alpha value is -1.53. The number of aromatic nitrogens is 2. The molecule has 2 aliphatic heterocycles. The van der Waals surface area contributed by atoms with Crippen LogP contribution in [0.4, 0.5) is 0 Å². The van der Waals surface area contributed by atoms with Crippen molar-refractivity contribution in [1.29, 1.82) is 0 Å². The molecule has 0 N–H and O–H groups in total. The average molecular weight is 291 g/mol. The highest BCUT2D eigenvalue weighted by Gasteiger charge is 2.31. The van der Waals surface area contributed by atoms with Crippen molar-refractivity contribution in [3.8, 4) is 0 Å². The van der Waals surface area contributed by atoms with Gasteiger partial charge in [0, 0.05) is 31.9 Å². The molecule has 2 saturated heterocycles. The smallest absolute Gasteiger partial charge is 0.226 e. The minimum Gasteiger partial charge on any atom is -0.381 e. The lowest BCUT2D eigenvalue weighted by Gasteiger charge is -2.35. The molecule has 0 saturated carbocycles. The van der Waals surface area contributed by atoms with E-state index in [2.05, 4.69) is 9.97 Å². The highest BCUT2D eigenvalue weighted by atomic mass is 16.5. The van der Waals surface area contributed by atoms with Gasteiger partial charge in [0.25, 0.3) is 0 Å². The first kappa shape index (κ1) is 14.4. The maximum Gasteiger partial charge on any atom is 0.226 e. The fourth-order valence-corrected chi connectivity index (χ4v) is 2.80. The minimum absolute atomic E-state index is 0.0987. The predicted molar refractivity (Wildman–Crippen MR) is 75.6 cm³/mol. The third kappa shape index (κ3) is 3.39. The number of carbonyl (C=O) groups excluding carboxylic acids is 1. The fourth-order valence-electron chi connectivity index (χ4n) is 2.80. The van der Waals surface area contributed by atoms with Crippen LogP contribution in [0, 0.1) is 12.8 Å². The van der Waals surface area contributed by atoms with E-state index in [1.165, 1.54) is 0 Å². The Morgan fingerprint density at radius 3 is 2.76 bits per heavy atom. The second-order valence-corrected chi connectivity index (χ2v) is 5.61. The number of carbonyl (C=O) groups is 1. The summed E-state index contributed by atoms with van der Waals surface area (Å²) in [4.78, 5) is 23.1. The van der Waals surface area contributed by atoms with Gasteiger partial charge in [0.05, 0.1) is 30.7 Å². The van der Waals surface area contributed by atoms with Crippen LogP contribution in [0.3, 0.4) is 0 Å². The monoisotopic (exact) mass is 291 g/mol. The van der Waals surface area contributed by atoms with Crippen molar-refractivity contribution in [3.63, 3.8) is 0 Å². The van der Waals surface area contributed by atoms with Gasteiger partial charge in [-0.2, -0.15) is 0 Å².